The predicted molar refractivity (Wildman–Crippen MR) is 72.5 cm³/mol. The molecule has 1 N–H and O–H groups in total. The Bertz CT molecular complexity index is 724. The molecule has 0 bridgehead atoms. The van der Waals surface area contributed by atoms with Crippen LogP contribution in [0.2, 0.25) is 0 Å². The number of hydrogen-bond acceptors (Lipinski definition) is 4. The number of hydrogen-bond donors (Lipinski definition) is 1. The van der Waals surface area contributed by atoms with Crippen molar-refractivity contribution in [2.75, 3.05) is 0 Å². The van der Waals surface area contributed by atoms with E-state index < -0.39 is 10.1 Å². The van der Waals surface area contributed by atoms with Crippen molar-refractivity contribution in [2.45, 2.75) is 11.8 Å². The monoisotopic (exact) mass is 276 g/mol. The van der Waals surface area contributed by atoms with Gasteiger partial charge in [-0.2, -0.15) is 8.42 Å². The molecule has 1 aromatic carbocycles. The van der Waals surface area contributed by atoms with E-state index in [0.717, 1.165) is 5.69 Å². The van der Waals surface area contributed by atoms with Crippen LogP contribution in [-0.2, 0) is 10.1 Å². The highest BCUT2D eigenvalue weighted by atomic mass is 32.2. The third-order valence-corrected chi connectivity index (χ3v) is 3.22. The van der Waals surface area contributed by atoms with Crippen LogP contribution in [0.15, 0.2) is 52.4 Å². The van der Waals surface area contributed by atoms with Gasteiger partial charge < -0.3 is 0 Å². The summed E-state index contributed by atoms with van der Waals surface area (Å²) >= 11 is 0. The van der Waals surface area contributed by atoms with Crippen LogP contribution in [0.5, 0.6) is 0 Å². The Morgan fingerprint density at radius 2 is 1.95 bits per heavy atom. The summed E-state index contributed by atoms with van der Waals surface area (Å²) < 4.78 is 30.9. The summed E-state index contributed by atoms with van der Waals surface area (Å²) in [6.07, 6.45) is 1.54. The molecule has 2 rings (SSSR count). The van der Waals surface area contributed by atoms with Crippen LogP contribution in [0.25, 0.3) is 0 Å². The van der Waals surface area contributed by atoms with Crippen LogP contribution >= 0.6 is 0 Å². The average molecular weight is 276 g/mol. The van der Waals surface area contributed by atoms with Crippen LogP contribution < -0.4 is 0 Å². The maximum Gasteiger partial charge on any atom is 0.294 e. The van der Waals surface area contributed by atoms with Crippen LogP contribution in [0.3, 0.4) is 0 Å². The molecular formula is C13H12N2O3S. The minimum absolute atomic E-state index is 0.181. The Morgan fingerprint density at radius 1 is 1.21 bits per heavy atom. The van der Waals surface area contributed by atoms with Gasteiger partial charge >= 0.3 is 0 Å². The van der Waals surface area contributed by atoms with Crippen LogP contribution in [-0.4, -0.2) is 24.2 Å². The fourth-order valence-corrected chi connectivity index (χ4v) is 2.02. The van der Waals surface area contributed by atoms with Crippen molar-refractivity contribution in [3.63, 3.8) is 0 Å². The molecule has 0 aliphatic rings. The third-order valence-electron chi connectivity index (χ3n) is 2.37. The van der Waals surface area contributed by atoms with E-state index in [4.69, 9.17) is 4.55 Å². The number of aryl methyl sites for hydroxylation is 1. The molecule has 1 aromatic heterocycles. The number of aromatic nitrogens is 1. The molecular weight excluding hydrogens is 264 g/mol. The van der Waals surface area contributed by atoms with Crippen molar-refractivity contribution in [3.8, 4) is 0 Å². The molecule has 0 aliphatic heterocycles. The third kappa shape index (κ3) is 3.70. The molecule has 0 unspecified atom stereocenters. The SMILES string of the molecule is Cc1cccc(C=Nc2cccc(S(=O)(=O)O)c2)n1. The Hall–Kier alpha value is -2.05. The lowest BCUT2D eigenvalue weighted by Crippen LogP contribution is -1.96. The molecule has 19 heavy (non-hydrogen) atoms. The van der Waals surface area contributed by atoms with Crippen molar-refractivity contribution in [3.05, 3.63) is 53.9 Å². The summed E-state index contributed by atoms with van der Waals surface area (Å²) in [6.45, 7) is 1.87. The molecule has 2 aromatic rings. The molecule has 0 spiro atoms. The average Bonchev–Trinajstić information content (AvgIpc) is 2.36. The van der Waals surface area contributed by atoms with E-state index >= 15 is 0 Å². The van der Waals surface area contributed by atoms with E-state index in [0.29, 0.717) is 11.4 Å². The van der Waals surface area contributed by atoms with Gasteiger partial charge in [0.05, 0.1) is 22.5 Å². The van der Waals surface area contributed by atoms with Crippen molar-refractivity contribution in [2.24, 2.45) is 4.99 Å². The van der Waals surface area contributed by atoms with E-state index in [1.807, 2.05) is 19.1 Å². The maximum atomic E-state index is 11.0. The molecule has 0 saturated carbocycles. The Morgan fingerprint density at radius 3 is 2.63 bits per heavy atom. The van der Waals surface area contributed by atoms with E-state index in [1.165, 1.54) is 24.4 Å². The Kier molecular flexibility index (Phi) is 3.73. The Labute approximate surface area is 111 Å². The van der Waals surface area contributed by atoms with Gasteiger partial charge in [-0.25, -0.2) is 0 Å². The quantitative estimate of drug-likeness (QED) is 0.689. The molecule has 0 fully saturated rings. The number of rotatable bonds is 3. The zero-order valence-electron chi connectivity index (χ0n) is 10.2. The van der Waals surface area contributed by atoms with Crippen LogP contribution in [0.1, 0.15) is 11.4 Å². The van der Waals surface area contributed by atoms with Gasteiger partial charge in [0.1, 0.15) is 0 Å². The first-order valence-electron chi connectivity index (χ1n) is 5.50. The van der Waals surface area contributed by atoms with Gasteiger partial charge in [0.25, 0.3) is 10.1 Å². The van der Waals surface area contributed by atoms with Gasteiger partial charge in [0.15, 0.2) is 0 Å². The van der Waals surface area contributed by atoms with E-state index in [9.17, 15) is 8.42 Å². The van der Waals surface area contributed by atoms with E-state index in [-0.39, 0.29) is 4.90 Å². The van der Waals surface area contributed by atoms with Crippen molar-refractivity contribution in [1.82, 2.24) is 4.98 Å². The van der Waals surface area contributed by atoms with Crippen molar-refractivity contribution >= 4 is 22.0 Å². The molecule has 98 valence electrons. The first kappa shape index (κ1) is 13.4. The summed E-state index contributed by atoms with van der Waals surface area (Å²) in [4.78, 5) is 8.19. The zero-order chi connectivity index (χ0) is 13.9. The van der Waals surface area contributed by atoms with Gasteiger partial charge in [-0.05, 0) is 37.3 Å². The highest BCUT2D eigenvalue weighted by Crippen LogP contribution is 2.17. The van der Waals surface area contributed by atoms with Crippen molar-refractivity contribution in [1.29, 1.82) is 0 Å². The topological polar surface area (TPSA) is 79.6 Å². The highest BCUT2D eigenvalue weighted by Gasteiger charge is 2.08. The van der Waals surface area contributed by atoms with Crippen LogP contribution in [0, 0.1) is 6.92 Å². The second-order valence-electron chi connectivity index (χ2n) is 3.93. The van der Waals surface area contributed by atoms with E-state index in [2.05, 4.69) is 9.98 Å². The second kappa shape index (κ2) is 5.29. The van der Waals surface area contributed by atoms with Crippen molar-refractivity contribution < 1.29 is 13.0 Å². The molecule has 5 nitrogen and oxygen atoms in total. The van der Waals surface area contributed by atoms with Gasteiger partial charge in [0.2, 0.25) is 0 Å². The summed E-state index contributed by atoms with van der Waals surface area (Å²) in [5.41, 5.74) is 1.98. The maximum absolute atomic E-state index is 11.0. The molecule has 0 radical (unpaired) electrons. The highest BCUT2D eigenvalue weighted by molar-refractivity contribution is 7.85. The number of nitrogens with zero attached hydrogens (tertiary/aromatic N) is 2. The summed E-state index contributed by atoms with van der Waals surface area (Å²) in [5, 5.41) is 0. The predicted octanol–water partition coefficient (Wildman–Crippen LogP) is 2.39. The molecule has 1 heterocycles. The van der Waals surface area contributed by atoms with Gasteiger partial charge in [0, 0.05) is 5.69 Å². The minimum Gasteiger partial charge on any atom is -0.282 e. The first-order valence-corrected chi connectivity index (χ1v) is 6.94. The summed E-state index contributed by atoms with van der Waals surface area (Å²) in [6, 6.07) is 11.3. The largest absolute Gasteiger partial charge is 0.294 e. The number of benzene rings is 1. The van der Waals surface area contributed by atoms with Gasteiger partial charge in [-0.3, -0.25) is 14.5 Å². The second-order valence-corrected chi connectivity index (χ2v) is 5.36. The Balaban J connectivity index is 2.29. The molecule has 0 amide bonds. The summed E-state index contributed by atoms with van der Waals surface area (Å²) in [5.74, 6) is 0. The normalized spacial score (nSPS) is 11.9. The molecule has 0 saturated heterocycles. The molecule has 0 atom stereocenters. The standard InChI is InChI=1S/C13H12N2O3S/c1-10-4-2-6-12(15-10)9-14-11-5-3-7-13(8-11)19(16,17)18/h2-9H,1H3,(H,16,17,18). The number of pyridine rings is 1. The lowest BCUT2D eigenvalue weighted by Gasteiger charge is -1.98. The van der Waals surface area contributed by atoms with Crippen LogP contribution in [0.4, 0.5) is 5.69 Å². The van der Waals surface area contributed by atoms with Gasteiger partial charge in [-0.15, -0.1) is 0 Å². The van der Waals surface area contributed by atoms with Gasteiger partial charge in [-0.1, -0.05) is 12.1 Å². The lowest BCUT2D eigenvalue weighted by molar-refractivity contribution is 0.483. The summed E-state index contributed by atoms with van der Waals surface area (Å²) in [7, 11) is -4.20. The minimum atomic E-state index is -4.20. The lowest BCUT2D eigenvalue weighted by atomic mass is 10.3. The number of aliphatic imine (C=N–C) groups is 1. The fourth-order valence-electron chi connectivity index (χ4n) is 1.50. The molecule has 6 heteroatoms. The van der Waals surface area contributed by atoms with E-state index in [1.54, 1.807) is 12.1 Å². The smallest absolute Gasteiger partial charge is 0.282 e. The molecule has 0 aliphatic carbocycles. The first-order chi connectivity index (χ1) is 8.95. The zero-order valence-corrected chi connectivity index (χ0v) is 11.0. The fraction of sp³-hybridized carbons (Fsp3) is 0.0769.